The number of carboxylic acid groups (broad SMARTS) is 1. The van der Waals surface area contributed by atoms with Gasteiger partial charge < -0.3 is 10.4 Å². The van der Waals surface area contributed by atoms with E-state index in [2.05, 4.69) is 5.32 Å². The number of amides is 1. The smallest absolute Gasteiger partial charge is 0.306 e. The van der Waals surface area contributed by atoms with E-state index < -0.39 is 5.97 Å². The van der Waals surface area contributed by atoms with Gasteiger partial charge in [0, 0.05) is 10.9 Å². The van der Waals surface area contributed by atoms with Crippen molar-refractivity contribution in [1.82, 2.24) is 5.32 Å². The second-order valence-corrected chi connectivity index (χ2v) is 6.05. The Hall–Kier alpha value is -1.55. The van der Waals surface area contributed by atoms with Gasteiger partial charge in [0.15, 0.2) is 0 Å². The summed E-state index contributed by atoms with van der Waals surface area (Å²) in [6.45, 7) is 1.90. The van der Waals surface area contributed by atoms with Gasteiger partial charge in [-0.2, -0.15) is 0 Å². The van der Waals surface area contributed by atoms with E-state index in [1.54, 1.807) is 6.07 Å². The molecule has 0 spiro atoms. The Balaban J connectivity index is 1.90. The quantitative estimate of drug-likeness (QED) is 0.895. The van der Waals surface area contributed by atoms with Crippen LogP contribution < -0.4 is 5.32 Å². The van der Waals surface area contributed by atoms with Crippen LogP contribution in [0.15, 0.2) is 24.3 Å². The van der Waals surface area contributed by atoms with E-state index >= 15 is 0 Å². The summed E-state index contributed by atoms with van der Waals surface area (Å²) in [6, 6.07) is 7.30. The zero-order valence-corrected chi connectivity index (χ0v) is 12.8. The van der Waals surface area contributed by atoms with Crippen LogP contribution in [0, 0.1) is 11.8 Å². The Bertz CT molecular complexity index is 524. The molecule has 114 valence electrons. The summed E-state index contributed by atoms with van der Waals surface area (Å²) in [5.74, 6) is -1.15. The molecular formula is C16H20ClNO3. The van der Waals surface area contributed by atoms with Crippen LogP contribution in [0.4, 0.5) is 0 Å². The van der Waals surface area contributed by atoms with Crippen LogP contribution in [0.2, 0.25) is 5.02 Å². The average molecular weight is 310 g/mol. The molecule has 1 atom stereocenters. The second-order valence-electron chi connectivity index (χ2n) is 5.64. The Morgan fingerprint density at radius 1 is 1.19 bits per heavy atom. The molecule has 0 aromatic heterocycles. The highest BCUT2D eigenvalue weighted by Crippen LogP contribution is 2.30. The van der Waals surface area contributed by atoms with Gasteiger partial charge in [-0.1, -0.05) is 29.8 Å². The number of aliphatic carboxylic acids is 1. The molecule has 21 heavy (non-hydrogen) atoms. The van der Waals surface area contributed by atoms with Crippen molar-refractivity contribution in [3.8, 4) is 0 Å². The molecule has 1 aliphatic carbocycles. The second kappa shape index (κ2) is 6.94. The Morgan fingerprint density at radius 3 is 2.33 bits per heavy atom. The van der Waals surface area contributed by atoms with E-state index in [0.717, 1.165) is 5.56 Å². The highest BCUT2D eigenvalue weighted by atomic mass is 35.5. The molecule has 1 fully saturated rings. The van der Waals surface area contributed by atoms with Crippen molar-refractivity contribution in [1.29, 1.82) is 0 Å². The topological polar surface area (TPSA) is 66.4 Å². The first-order chi connectivity index (χ1) is 9.99. The van der Waals surface area contributed by atoms with Crippen molar-refractivity contribution in [3.05, 3.63) is 34.9 Å². The van der Waals surface area contributed by atoms with Gasteiger partial charge in [0.25, 0.3) is 0 Å². The number of hydrogen-bond acceptors (Lipinski definition) is 2. The van der Waals surface area contributed by atoms with E-state index in [9.17, 15) is 9.59 Å². The lowest BCUT2D eigenvalue weighted by Crippen LogP contribution is -2.35. The lowest BCUT2D eigenvalue weighted by Gasteiger charge is -2.26. The highest BCUT2D eigenvalue weighted by molar-refractivity contribution is 6.31. The summed E-state index contributed by atoms with van der Waals surface area (Å²) in [5.41, 5.74) is 0.895. The van der Waals surface area contributed by atoms with Gasteiger partial charge in [-0.05, 0) is 44.2 Å². The molecule has 1 saturated carbocycles. The molecule has 0 heterocycles. The maximum absolute atomic E-state index is 12.3. The number of carboxylic acids is 1. The van der Waals surface area contributed by atoms with Gasteiger partial charge in [0.2, 0.25) is 5.91 Å². The third-order valence-corrected chi connectivity index (χ3v) is 4.52. The van der Waals surface area contributed by atoms with E-state index in [1.807, 2.05) is 25.1 Å². The SMILES string of the molecule is CC(NC(=O)C1CCC(C(=O)O)CC1)c1ccccc1Cl. The summed E-state index contributed by atoms with van der Waals surface area (Å²) in [7, 11) is 0. The highest BCUT2D eigenvalue weighted by Gasteiger charge is 2.30. The fourth-order valence-electron chi connectivity index (χ4n) is 2.84. The minimum Gasteiger partial charge on any atom is -0.481 e. The first-order valence-corrected chi connectivity index (χ1v) is 7.64. The normalized spacial score (nSPS) is 23.3. The summed E-state index contributed by atoms with van der Waals surface area (Å²) >= 11 is 6.13. The van der Waals surface area contributed by atoms with Crippen molar-refractivity contribution >= 4 is 23.5 Å². The maximum Gasteiger partial charge on any atom is 0.306 e. The molecule has 0 saturated heterocycles. The van der Waals surface area contributed by atoms with E-state index in [1.165, 1.54) is 0 Å². The Morgan fingerprint density at radius 2 is 1.76 bits per heavy atom. The molecule has 1 unspecified atom stereocenters. The number of benzene rings is 1. The number of hydrogen-bond donors (Lipinski definition) is 2. The Labute approximate surface area is 129 Å². The molecule has 5 heteroatoms. The lowest BCUT2D eigenvalue weighted by molar-refractivity contribution is -0.144. The third kappa shape index (κ3) is 3.97. The van der Waals surface area contributed by atoms with Crippen LogP contribution in [-0.2, 0) is 9.59 Å². The van der Waals surface area contributed by atoms with Gasteiger partial charge >= 0.3 is 5.97 Å². The van der Waals surface area contributed by atoms with Crippen molar-refractivity contribution in [2.24, 2.45) is 11.8 Å². The summed E-state index contributed by atoms with van der Waals surface area (Å²) in [5, 5.41) is 12.6. The monoisotopic (exact) mass is 309 g/mol. The van der Waals surface area contributed by atoms with Crippen LogP contribution in [0.1, 0.15) is 44.2 Å². The van der Waals surface area contributed by atoms with Crippen molar-refractivity contribution in [2.45, 2.75) is 38.6 Å². The van der Waals surface area contributed by atoms with E-state index in [0.29, 0.717) is 30.7 Å². The molecule has 1 aromatic carbocycles. The molecular weight excluding hydrogens is 290 g/mol. The predicted octanol–water partition coefficient (Wildman–Crippen LogP) is 3.41. The molecule has 2 rings (SSSR count). The van der Waals surface area contributed by atoms with Crippen molar-refractivity contribution in [3.63, 3.8) is 0 Å². The summed E-state index contributed by atoms with van der Waals surface area (Å²) < 4.78 is 0. The van der Waals surface area contributed by atoms with Crippen LogP contribution in [0.3, 0.4) is 0 Å². The van der Waals surface area contributed by atoms with Crippen LogP contribution >= 0.6 is 11.6 Å². The van der Waals surface area contributed by atoms with Crippen LogP contribution in [-0.4, -0.2) is 17.0 Å². The molecule has 1 aliphatic rings. The largest absolute Gasteiger partial charge is 0.481 e. The van der Waals surface area contributed by atoms with Gasteiger partial charge in [-0.15, -0.1) is 0 Å². The number of halogens is 1. The molecule has 1 aromatic rings. The summed E-state index contributed by atoms with van der Waals surface area (Å²) in [4.78, 5) is 23.2. The zero-order valence-electron chi connectivity index (χ0n) is 12.0. The van der Waals surface area contributed by atoms with Gasteiger partial charge in [0.05, 0.1) is 12.0 Å². The zero-order chi connectivity index (χ0) is 15.4. The third-order valence-electron chi connectivity index (χ3n) is 4.18. The molecule has 1 amide bonds. The van der Waals surface area contributed by atoms with E-state index in [-0.39, 0.29) is 23.8 Å². The molecule has 2 N–H and O–H groups in total. The first kappa shape index (κ1) is 15.8. The standard InChI is InChI=1S/C16H20ClNO3/c1-10(13-4-2-3-5-14(13)17)18-15(19)11-6-8-12(9-7-11)16(20)21/h2-5,10-12H,6-9H2,1H3,(H,18,19)(H,20,21). The minimum absolute atomic E-state index is 0.00809. The number of nitrogens with one attached hydrogen (secondary N) is 1. The molecule has 0 aliphatic heterocycles. The molecule has 4 nitrogen and oxygen atoms in total. The van der Waals surface area contributed by atoms with Gasteiger partial charge in [-0.25, -0.2) is 0 Å². The first-order valence-electron chi connectivity index (χ1n) is 7.26. The molecule has 0 radical (unpaired) electrons. The number of rotatable bonds is 4. The Kier molecular flexibility index (Phi) is 5.23. The summed E-state index contributed by atoms with van der Waals surface area (Å²) in [6.07, 6.45) is 2.43. The van der Waals surface area contributed by atoms with Gasteiger partial charge in [-0.3, -0.25) is 9.59 Å². The van der Waals surface area contributed by atoms with Crippen molar-refractivity contribution < 1.29 is 14.7 Å². The maximum atomic E-state index is 12.3. The van der Waals surface area contributed by atoms with Crippen LogP contribution in [0.25, 0.3) is 0 Å². The van der Waals surface area contributed by atoms with Crippen molar-refractivity contribution in [2.75, 3.05) is 0 Å². The number of carbonyl (C=O) groups excluding carboxylic acids is 1. The lowest BCUT2D eigenvalue weighted by atomic mass is 9.81. The minimum atomic E-state index is -0.752. The average Bonchev–Trinajstić information content (AvgIpc) is 2.47. The van der Waals surface area contributed by atoms with Gasteiger partial charge in [0.1, 0.15) is 0 Å². The molecule has 0 bridgehead atoms. The fraction of sp³-hybridized carbons (Fsp3) is 0.500. The van der Waals surface area contributed by atoms with E-state index in [4.69, 9.17) is 16.7 Å². The fourth-order valence-corrected chi connectivity index (χ4v) is 3.14. The predicted molar refractivity (Wildman–Crippen MR) is 81.1 cm³/mol. The van der Waals surface area contributed by atoms with Crippen LogP contribution in [0.5, 0.6) is 0 Å². The number of carbonyl (C=O) groups is 2.